The number of aryl methyl sites for hydroxylation is 1. The first-order chi connectivity index (χ1) is 15.0. The van der Waals surface area contributed by atoms with Gasteiger partial charge in [0.15, 0.2) is 0 Å². The molecule has 31 heavy (non-hydrogen) atoms. The Kier molecular flexibility index (Phi) is 4.62. The zero-order valence-corrected chi connectivity index (χ0v) is 16.8. The molecule has 0 aliphatic carbocycles. The van der Waals surface area contributed by atoms with Crippen LogP contribution >= 0.6 is 0 Å². The Morgan fingerprint density at radius 2 is 1.68 bits per heavy atom. The quantitative estimate of drug-likeness (QED) is 0.413. The number of halogens is 2. The highest BCUT2D eigenvalue weighted by atomic mass is 19.1. The molecule has 2 heterocycles. The lowest BCUT2D eigenvalue weighted by molar-refractivity contribution is 0.624. The molecule has 0 aliphatic rings. The van der Waals surface area contributed by atoms with Crippen molar-refractivity contribution in [3.05, 3.63) is 112 Å². The van der Waals surface area contributed by atoms with Gasteiger partial charge in [-0.25, -0.2) is 13.8 Å². The SMILES string of the molecule is Cc1ccc2c(c1)c1ncn(Cc3ccc(F)cc3)c(=O)c1n2Cc1cccc(F)c1. The van der Waals surface area contributed by atoms with E-state index in [0.717, 1.165) is 27.6 Å². The molecule has 0 amide bonds. The lowest BCUT2D eigenvalue weighted by atomic mass is 10.1. The zero-order valence-electron chi connectivity index (χ0n) is 16.8. The number of hydrogen-bond donors (Lipinski definition) is 0. The summed E-state index contributed by atoms with van der Waals surface area (Å²) >= 11 is 0. The predicted octanol–water partition coefficient (Wildman–Crippen LogP) is 5.03. The summed E-state index contributed by atoms with van der Waals surface area (Å²) < 4.78 is 30.4. The summed E-state index contributed by atoms with van der Waals surface area (Å²) in [5.41, 5.74) is 4.38. The molecule has 0 radical (unpaired) electrons. The van der Waals surface area contributed by atoms with Crippen LogP contribution in [0.1, 0.15) is 16.7 Å². The Bertz CT molecular complexity index is 1480. The molecule has 0 bridgehead atoms. The third-order valence-corrected chi connectivity index (χ3v) is 5.48. The van der Waals surface area contributed by atoms with E-state index < -0.39 is 0 Å². The molecule has 4 nitrogen and oxygen atoms in total. The Morgan fingerprint density at radius 3 is 2.45 bits per heavy atom. The number of hydrogen-bond acceptors (Lipinski definition) is 2. The number of benzene rings is 3. The molecule has 0 saturated carbocycles. The lowest BCUT2D eigenvalue weighted by Gasteiger charge is -2.10. The van der Waals surface area contributed by atoms with E-state index in [9.17, 15) is 13.6 Å². The van der Waals surface area contributed by atoms with E-state index in [2.05, 4.69) is 4.98 Å². The summed E-state index contributed by atoms with van der Waals surface area (Å²) in [5.74, 6) is -0.642. The van der Waals surface area contributed by atoms with Crippen molar-refractivity contribution >= 4 is 21.9 Å². The van der Waals surface area contributed by atoms with Crippen molar-refractivity contribution < 1.29 is 8.78 Å². The summed E-state index contributed by atoms with van der Waals surface area (Å²) in [6.45, 7) is 2.62. The van der Waals surface area contributed by atoms with E-state index in [4.69, 9.17) is 0 Å². The van der Waals surface area contributed by atoms with Crippen molar-refractivity contribution in [2.75, 3.05) is 0 Å². The first kappa shape index (κ1) is 19.2. The first-order valence-electron chi connectivity index (χ1n) is 9.96. The van der Waals surface area contributed by atoms with Crippen molar-refractivity contribution in [2.24, 2.45) is 0 Å². The van der Waals surface area contributed by atoms with Crippen LogP contribution < -0.4 is 5.56 Å². The third-order valence-electron chi connectivity index (χ3n) is 5.48. The minimum absolute atomic E-state index is 0.195. The second kappa shape index (κ2) is 7.47. The smallest absolute Gasteiger partial charge is 0.278 e. The number of rotatable bonds is 4. The highest BCUT2D eigenvalue weighted by molar-refractivity contribution is 6.05. The Balaban J connectivity index is 1.72. The van der Waals surface area contributed by atoms with Gasteiger partial charge in [-0.2, -0.15) is 0 Å². The highest BCUT2D eigenvalue weighted by Gasteiger charge is 2.17. The van der Waals surface area contributed by atoms with Gasteiger partial charge in [0.2, 0.25) is 0 Å². The van der Waals surface area contributed by atoms with E-state index in [1.165, 1.54) is 35.2 Å². The monoisotopic (exact) mass is 415 g/mol. The van der Waals surface area contributed by atoms with Gasteiger partial charge < -0.3 is 4.57 Å². The van der Waals surface area contributed by atoms with Crippen molar-refractivity contribution in [1.82, 2.24) is 14.1 Å². The summed E-state index contributed by atoms with van der Waals surface area (Å²) in [7, 11) is 0. The minimum atomic E-state index is -0.324. The maximum atomic E-state index is 13.8. The van der Waals surface area contributed by atoms with Gasteiger partial charge in [-0.05, 0) is 54.4 Å². The summed E-state index contributed by atoms with van der Waals surface area (Å²) in [6.07, 6.45) is 1.53. The minimum Gasteiger partial charge on any atom is -0.330 e. The number of fused-ring (bicyclic) bond motifs is 3. The molecule has 5 aromatic rings. The maximum Gasteiger partial charge on any atom is 0.278 e. The molecule has 2 aromatic heterocycles. The second-order valence-electron chi connectivity index (χ2n) is 7.74. The van der Waals surface area contributed by atoms with Crippen molar-refractivity contribution in [2.45, 2.75) is 20.0 Å². The van der Waals surface area contributed by atoms with Crippen LogP contribution in [0.3, 0.4) is 0 Å². The standard InChI is InChI=1S/C25H19F2N3O/c1-16-5-10-22-21(11-16)23-24(30(22)14-18-3-2-4-20(27)12-18)25(31)29(15-28-23)13-17-6-8-19(26)9-7-17/h2-12,15H,13-14H2,1H3. The van der Waals surface area contributed by atoms with Gasteiger partial charge in [0.25, 0.3) is 5.56 Å². The molecule has 0 atom stereocenters. The van der Waals surface area contributed by atoms with Crippen LogP contribution in [0, 0.1) is 18.6 Å². The van der Waals surface area contributed by atoms with E-state index in [1.54, 1.807) is 18.2 Å². The molecular formula is C25H19F2N3O. The van der Waals surface area contributed by atoms with Gasteiger partial charge in [0, 0.05) is 11.9 Å². The molecule has 0 spiro atoms. The van der Waals surface area contributed by atoms with Crippen LogP contribution in [0.2, 0.25) is 0 Å². The maximum absolute atomic E-state index is 13.8. The number of aromatic nitrogens is 3. The number of nitrogens with zero attached hydrogens (tertiary/aromatic N) is 3. The fourth-order valence-corrected chi connectivity index (χ4v) is 4.00. The highest BCUT2D eigenvalue weighted by Crippen LogP contribution is 2.27. The molecule has 0 fully saturated rings. The predicted molar refractivity (Wildman–Crippen MR) is 117 cm³/mol. The van der Waals surface area contributed by atoms with Crippen molar-refractivity contribution in [1.29, 1.82) is 0 Å². The molecular weight excluding hydrogens is 396 g/mol. The summed E-state index contributed by atoms with van der Waals surface area (Å²) in [6, 6.07) is 18.4. The summed E-state index contributed by atoms with van der Waals surface area (Å²) in [5, 5.41) is 0.887. The van der Waals surface area contributed by atoms with Crippen LogP contribution in [0.4, 0.5) is 8.78 Å². The van der Waals surface area contributed by atoms with Gasteiger partial charge in [-0.1, -0.05) is 35.9 Å². The Hall–Kier alpha value is -3.80. The van der Waals surface area contributed by atoms with Crippen LogP contribution in [-0.2, 0) is 13.1 Å². The Labute approximate surface area is 177 Å². The molecule has 0 saturated heterocycles. The fourth-order valence-electron chi connectivity index (χ4n) is 4.00. The Morgan fingerprint density at radius 1 is 0.871 bits per heavy atom. The summed E-state index contributed by atoms with van der Waals surface area (Å²) in [4.78, 5) is 18.1. The van der Waals surface area contributed by atoms with Gasteiger partial charge in [0.05, 0.1) is 18.4 Å². The zero-order chi connectivity index (χ0) is 21.5. The molecule has 154 valence electrons. The third kappa shape index (κ3) is 3.50. The molecule has 5 rings (SSSR count). The lowest BCUT2D eigenvalue weighted by Crippen LogP contribution is -2.23. The van der Waals surface area contributed by atoms with E-state index in [-0.39, 0.29) is 23.7 Å². The van der Waals surface area contributed by atoms with Gasteiger partial charge in [-0.15, -0.1) is 0 Å². The van der Waals surface area contributed by atoms with Crippen LogP contribution in [0.25, 0.3) is 21.9 Å². The molecule has 0 unspecified atom stereocenters. The first-order valence-corrected chi connectivity index (χ1v) is 9.96. The van der Waals surface area contributed by atoms with Crippen LogP contribution in [0.15, 0.2) is 77.9 Å². The second-order valence-corrected chi connectivity index (χ2v) is 7.74. The molecule has 0 N–H and O–H groups in total. The van der Waals surface area contributed by atoms with E-state index in [0.29, 0.717) is 17.6 Å². The largest absolute Gasteiger partial charge is 0.330 e. The van der Waals surface area contributed by atoms with Gasteiger partial charge >= 0.3 is 0 Å². The molecule has 3 aromatic carbocycles. The van der Waals surface area contributed by atoms with Gasteiger partial charge in [-0.3, -0.25) is 9.36 Å². The van der Waals surface area contributed by atoms with Crippen LogP contribution in [-0.4, -0.2) is 14.1 Å². The topological polar surface area (TPSA) is 39.8 Å². The average Bonchev–Trinajstić information content (AvgIpc) is 3.05. The van der Waals surface area contributed by atoms with Crippen molar-refractivity contribution in [3.63, 3.8) is 0 Å². The molecule has 6 heteroatoms. The average molecular weight is 415 g/mol. The molecule has 0 aliphatic heterocycles. The van der Waals surface area contributed by atoms with Gasteiger partial charge in [0.1, 0.15) is 22.7 Å². The van der Waals surface area contributed by atoms with E-state index in [1.807, 2.05) is 35.8 Å². The normalized spacial score (nSPS) is 11.5. The van der Waals surface area contributed by atoms with E-state index >= 15 is 0 Å². The van der Waals surface area contributed by atoms with Crippen LogP contribution in [0.5, 0.6) is 0 Å². The van der Waals surface area contributed by atoms with Crippen molar-refractivity contribution in [3.8, 4) is 0 Å². The fraction of sp³-hybridized carbons (Fsp3) is 0.120.